The van der Waals surface area contributed by atoms with Crippen LogP contribution in [0.4, 0.5) is 19.7 Å². The highest BCUT2D eigenvalue weighted by Gasteiger charge is 2.28. The van der Waals surface area contributed by atoms with Crippen molar-refractivity contribution in [1.82, 2.24) is 20.1 Å². The molecule has 0 fully saturated rings. The minimum atomic E-state index is -0.779. The summed E-state index contributed by atoms with van der Waals surface area (Å²) in [6.07, 6.45) is 1.53. The van der Waals surface area contributed by atoms with Gasteiger partial charge in [-0.3, -0.25) is 15.2 Å². The zero-order valence-corrected chi connectivity index (χ0v) is 18.7. The lowest BCUT2D eigenvalue weighted by atomic mass is 10.1. The normalized spacial score (nSPS) is 13.1. The van der Waals surface area contributed by atoms with Crippen molar-refractivity contribution in [2.45, 2.75) is 39.5 Å². The van der Waals surface area contributed by atoms with E-state index in [1.807, 2.05) is 0 Å². The molecule has 176 valence electrons. The van der Waals surface area contributed by atoms with Gasteiger partial charge in [0.1, 0.15) is 11.3 Å². The van der Waals surface area contributed by atoms with E-state index in [1.54, 1.807) is 39.0 Å². The second-order valence-electron chi connectivity index (χ2n) is 8.41. The van der Waals surface area contributed by atoms with Crippen LogP contribution < -0.4 is 14.8 Å². The fourth-order valence-electron chi connectivity index (χ4n) is 3.12. The molecule has 2 aromatic heterocycles. The van der Waals surface area contributed by atoms with Gasteiger partial charge in [-0.15, -0.1) is 5.10 Å². The third-order valence-corrected chi connectivity index (χ3v) is 4.55. The minimum absolute atomic E-state index is 0.0542. The van der Waals surface area contributed by atoms with Crippen LogP contribution in [0, 0.1) is 5.82 Å². The molecule has 3 aromatic rings. The van der Waals surface area contributed by atoms with Gasteiger partial charge in [0.15, 0.2) is 17.3 Å². The van der Waals surface area contributed by atoms with E-state index in [0.717, 1.165) is 0 Å². The van der Waals surface area contributed by atoms with E-state index in [9.17, 15) is 9.59 Å². The van der Waals surface area contributed by atoms with Crippen LogP contribution in [0.3, 0.4) is 0 Å². The van der Waals surface area contributed by atoms with E-state index in [0.29, 0.717) is 11.4 Å². The summed E-state index contributed by atoms with van der Waals surface area (Å²) in [6.45, 7) is 5.13. The van der Waals surface area contributed by atoms with E-state index < -0.39 is 23.6 Å². The molecule has 1 N–H and O–H groups in total. The van der Waals surface area contributed by atoms with E-state index in [1.165, 1.54) is 35.5 Å². The molecule has 0 saturated carbocycles. The molecule has 0 atom stereocenters. The molecule has 0 bridgehead atoms. The topological polar surface area (TPSA) is 116 Å². The highest BCUT2D eigenvalue weighted by atomic mass is 19.1. The molecule has 34 heavy (non-hydrogen) atoms. The lowest BCUT2D eigenvalue weighted by molar-refractivity contribution is 0.0635. The fourth-order valence-corrected chi connectivity index (χ4v) is 3.12. The van der Waals surface area contributed by atoms with Gasteiger partial charge in [-0.1, -0.05) is 12.1 Å². The van der Waals surface area contributed by atoms with E-state index >= 15 is 4.39 Å². The number of halogens is 1. The number of amides is 2. The smallest absolute Gasteiger partial charge is 0.415 e. The number of ether oxygens (including phenoxy) is 3. The number of benzene rings is 1. The van der Waals surface area contributed by atoms with E-state index in [4.69, 9.17) is 14.2 Å². The van der Waals surface area contributed by atoms with Crippen molar-refractivity contribution >= 4 is 17.9 Å². The zero-order chi connectivity index (χ0) is 24.3. The Labute approximate surface area is 194 Å². The van der Waals surface area contributed by atoms with Gasteiger partial charge in [0.2, 0.25) is 5.88 Å². The summed E-state index contributed by atoms with van der Waals surface area (Å²) in [5.41, 5.74) is -0.109. The van der Waals surface area contributed by atoms with Crippen LogP contribution in [-0.4, -0.2) is 37.9 Å². The monoisotopic (exact) mass is 467 g/mol. The number of carbonyl (C=O) groups is 2. The minimum Gasteiger partial charge on any atom is -0.444 e. The Morgan fingerprint density at radius 1 is 1.26 bits per heavy atom. The number of aromatic nitrogens is 3. The number of rotatable bonds is 5. The largest absolute Gasteiger partial charge is 0.444 e. The van der Waals surface area contributed by atoms with Gasteiger partial charge < -0.3 is 14.2 Å². The van der Waals surface area contributed by atoms with Crippen molar-refractivity contribution in [3.8, 4) is 17.4 Å². The molecule has 2 amide bonds. The van der Waals surface area contributed by atoms with Crippen LogP contribution in [0.2, 0.25) is 0 Å². The van der Waals surface area contributed by atoms with Crippen molar-refractivity contribution in [3.05, 3.63) is 65.9 Å². The molecule has 1 aromatic carbocycles. The lowest BCUT2D eigenvalue weighted by Crippen LogP contribution is -2.37. The van der Waals surface area contributed by atoms with Crippen molar-refractivity contribution in [1.29, 1.82) is 0 Å². The fraction of sp³-hybridized carbons (Fsp3) is 0.261. The van der Waals surface area contributed by atoms with Crippen molar-refractivity contribution in [2.24, 2.45) is 0 Å². The average molecular weight is 467 g/mol. The van der Waals surface area contributed by atoms with Crippen LogP contribution in [0.25, 0.3) is 0 Å². The summed E-state index contributed by atoms with van der Waals surface area (Å²) in [5.74, 6) is 0.159. The quantitative estimate of drug-likeness (QED) is 0.576. The maximum Gasteiger partial charge on any atom is 0.415 e. The third-order valence-electron chi connectivity index (χ3n) is 4.55. The lowest BCUT2D eigenvalue weighted by Gasteiger charge is -2.27. The second kappa shape index (κ2) is 9.30. The maximum absolute atomic E-state index is 15.0. The van der Waals surface area contributed by atoms with Crippen LogP contribution in [0.5, 0.6) is 17.4 Å². The number of anilines is 1. The Hall–Kier alpha value is -4.28. The van der Waals surface area contributed by atoms with Gasteiger partial charge in [0, 0.05) is 23.9 Å². The summed E-state index contributed by atoms with van der Waals surface area (Å²) >= 11 is 0. The first-order chi connectivity index (χ1) is 16.2. The average Bonchev–Trinajstić information content (AvgIpc) is 2.76. The molecule has 0 unspecified atom stereocenters. The highest BCUT2D eigenvalue weighted by Crippen LogP contribution is 2.31. The van der Waals surface area contributed by atoms with E-state index in [2.05, 4.69) is 20.5 Å². The number of pyridine rings is 1. The zero-order valence-electron chi connectivity index (χ0n) is 18.7. The Morgan fingerprint density at radius 3 is 2.82 bits per heavy atom. The SMILES string of the molecule is CC(C)(C)OC(=O)Nc1cccc(CN2Cc3ncc(Oc4cccnn4)cc3OC2=O)c1F. The number of hydrogen-bond acceptors (Lipinski definition) is 8. The molecule has 1 aliphatic rings. The van der Waals surface area contributed by atoms with Gasteiger partial charge in [-0.05, 0) is 32.9 Å². The van der Waals surface area contributed by atoms with Crippen LogP contribution in [0.15, 0.2) is 48.8 Å². The summed E-state index contributed by atoms with van der Waals surface area (Å²) in [6, 6.07) is 9.32. The third kappa shape index (κ3) is 5.55. The first kappa shape index (κ1) is 22.9. The number of hydrogen-bond donors (Lipinski definition) is 1. The number of fused-ring (bicyclic) bond motifs is 1. The van der Waals surface area contributed by atoms with Crippen LogP contribution >= 0.6 is 0 Å². The van der Waals surface area contributed by atoms with Gasteiger partial charge in [0.05, 0.1) is 25.0 Å². The molecule has 1 aliphatic heterocycles. The van der Waals surface area contributed by atoms with Crippen molar-refractivity contribution in [2.75, 3.05) is 5.32 Å². The van der Waals surface area contributed by atoms with Crippen LogP contribution in [-0.2, 0) is 17.8 Å². The van der Waals surface area contributed by atoms with Crippen molar-refractivity contribution < 1.29 is 28.2 Å². The Kier molecular flexibility index (Phi) is 6.26. The maximum atomic E-state index is 15.0. The Bertz CT molecular complexity index is 1220. The molecule has 0 saturated heterocycles. The Morgan fingerprint density at radius 2 is 2.09 bits per heavy atom. The van der Waals surface area contributed by atoms with Crippen LogP contribution in [0.1, 0.15) is 32.0 Å². The van der Waals surface area contributed by atoms with Crippen molar-refractivity contribution in [3.63, 3.8) is 0 Å². The summed E-state index contributed by atoms with van der Waals surface area (Å²) in [7, 11) is 0. The Balaban J connectivity index is 1.46. The number of nitrogens with one attached hydrogen (secondary N) is 1. The summed E-state index contributed by atoms with van der Waals surface area (Å²) in [5, 5.41) is 9.94. The first-order valence-corrected chi connectivity index (χ1v) is 10.4. The number of nitrogens with zero attached hydrogens (tertiary/aromatic N) is 4. The predicted molar refractivity (Wildman–Crippen MR) is 118 cm³/mol. The highest BCUT2D eigenvalue weighted by molar-refractivity contribution is 5.85. The molecular formula is C23H22FN5O5. The van der Waals surface area contributed by atoms with E-state index in [-0.39, 0.29) is 36.0 Å². The van der Waals surface area contributed by atoms with Gasteiger partial charge in [-0.2, -0.15) is 5.10 Å². The molecule has 11 heteroatoms. The molecule has 0 radical (unpaired) electrons. The summed E-state index contributed by atoms with van der Waals surface area (Å²) < 4.78 is 31.1. The second-order valence-corrected chi connectivity index (χ2v) is 8.41. The molecule has 0 aliphatic carbocycles. The molecule has 3 heterocycles. The molecule has 0 spiro atoms. The molecule has 4 rings (SSSR count). The number of carbonyl (C=O) groups excluding carboxylic acids is 2. The van der Waals surface area contributed by atoms with Gasteiger partial charge >= 0.3 is 12.2 Å². The standard InChI is InChI=1S/C23H22FN5O5/c1-23(2,3)34-21(30)27-16-7-4-6-14(20(16)24)12-29-13-17-18(33-22(29)31)10-15(11-25-17)32-19-8-5-9-26-28-19/h4-11H,12-13H2,1-3H3,(H,27,30). The first-order valence-electron chi connectivity index (χ1n) is 10.4. The predicted octanol–water partition coefficient (Wildman–Crippen LogP) is 4.66. The summed E-state index contributed by atoms with van der Waals surface area (Å²) in [4.78, 5) is 30.2. The van der Waals surface area contributed by atoms with Gasteiger partial charge in [-0.25, -0.2) is 14.0 Å². The molecule has 10 nitrogen and oxygen atoms in total. The molecular weight excluding hydrogens is 445 g/mol. The van der Waals surface area contributed by atoms with Gasteiger partial charge in [0.25, 0.3) is 0 Å².